The number of hydrogen-bond acceptors (Lipinski definition) is 5. The lowest BCUT2D eigenvalue weighted by atomic mass is 10.1. The van der Waals surface area contributed by atoms with E-state index < -0.39 is 5.60 Å². The fraction of sp³-hybridized carbons (Fsp3) is 0.500. The predicted molar refractivity (Wildman–Crippen MR) is 48.3 cm³/mol. The average Bonchev–Trinajstić information content (AvgIpc) is 2.04. The zero-order valence-electron chi connectivity index (χ0n) is 7.78. The minimum absolute atomic E-state index is 0.471. The Balaban J connectivity index is 2.81. The van der Waals surface area contributed by atoms with Gasteiger partial charge in [0.1, 0.15) is 5.60 Å². The van der Waals surface area contributed by atoms with Gasteiger partial charge in [-0.05, 0) is 13.8 Å². The van der Waals surface area contributed by atoms with E-state index in [9.17, 15) is 5.11 Å². The van der Waals surface area contributed by atoms with E-state index >= 15 is 0 Å². The van der Waals surface area contributed by atoms with Crippen molar-refractivity contribution in [2.75, 3.05) is 0 Å². The molecule has 5 nitrogen and oxygen atoms in total. The van der Waals surface area contributed by atoms with Gasteiger partial charge < -0.3 is 5.11 Å². The number of nitrogens with two attached hydrogens (primary N) is 1. The molecule has 0 spiro atoms. The van der Waals surface area contributed by atoms with E-state index in [1.807, 2.05) is 0 Å². The Kier molecular flexibility index (Phi) is 2.92. The third-order valence-corrected chi connectivity index (χ3v) is 1.62. The summed E-state index contributed by atoms with van der Waals surface area (Å²) in [4.78, 5) is 8.13. The van der Waals surface area contributed by atoms with Crippen molar-refractivity contribution in [3.8, 4) is 0 Å². The summed E-state index contributed by atoms with van der Waals surface area (Å²) < 4.78 is 0. The molecule has 1 heterocycles. The molecule has 0 atom stereocenters. The van der Waals surface area contributed by atoms with E-state index in [1.165, 1.54) is 0 Å². The monoisotopic (exact) mass is 182 g/mol. The molecule has 0 aliphatic carbocycles. The molecule has 0 aromatic carbocycles. The molecule has 0 unspecified atom stereocenters. The highest BCUT2D eigenvalue weighted by molar-refractivity contribution is 5.08. The molecule has 0 radical (unpaired) electrons. The summed E-state index contributed by atoms with van der Waals surface area (Å²) in [5, 5.41) is 9.57. The Labute approximate surface area is 77.0 Å². The molecule has 1 aromatic heterocycles. The van der Waals surface area contributed by atoms with E-state index in [0.717, 1.165) is 5.69 Å². The first-order valence-corrected chi connectivity index (χ1v) is 4.01. The molecule has 0 aliphatic rings. The summed E-state index contributed by atoms with van der Waals surface area (Å²) in [6.45, 7) is 3.80. The van der Waals surface area contributed by atoms with Gasteiger partial charge in [0.05, 0.1) is 30.3 Å². The molecule has 0 bridgehead atoms. The maximum Gasteiger partial charge on any atom is 0.102 e. The van der Waals surface area contributed by atoms with Crippen LogP contribution in [0, 0.1) is 0 Å². The van der Waals surface area contributed by atoms with Crippen LogP contribution in [0.3, 0.4) is 0 Å². The van der Waals surface area contributed by atoms with Gasteiger partial charge in [-0.25, -0.2) is 0 Å². The van der Waals surface area contributed by atoms with Crippen molar-refractivity contribution in [1.29, 1.82) is 0 Å². The predicted octanol–water partition coefficient (Wildman–Crippen LogP) is -0.333. The third kappa shape index (κ3) is 2.73. The molecule has 0 amide bonds. The van der Waals surface area contributed by atoms with Crippen LogP contribution >= 0.6 is 0 Å². The molecule has 5 heteroatoms. The number of nitrogens with one attached hydrogen (secondary N) is 1. The molecule has 1 aromatic rings. The van der Waals surface area contributed by atoms with E-state index in [4.69, 9.17) is 5.84 Å². The van der Waals surface area contributed by atoms with Crippen molar-refractivity contribution in [2.24, 2.45) is 5.84 Å². The van der Waals surface area contributed by atoms with Crippen molar-refractivity contribution in [1.82, 2.24) is 15.4 Å². The molecule has 72 valence electrons. The fourth-order valence-corrected chi connectivity index (χ4v) is 0.867. The smallest absolute Gasteiger partial charge is 0.102 e. The lowest BCUT2D eigenvalue weighted by molar-refractivity contribution is 0.0733. The van der Waals surface area contributed by atoms with Crippen molar-refractivity contribution >= 4 is 0 Å². The number of nitrogens with zero attached hydrogens (tertiary/aromatic N) is 2. The fourth-order valence-electron chi connectivity index (χ4n) is 0.867. The van der Waals surface area contributed by atoms with Gasteiger partial charge in [0, 0.05) is 0 Å². The summed E-state index contributed by atoms with van der Waals surface area (Å²) in [5.41, 5.74) is 2.83. The van der Waals surface area contributed by atoms with Crippen LogP contribution in [0.4, 0.5) is 0 Å². The Bertz CT molecular complexity index is 264. The molecule has 0 fully saturated rings. The quantitative estimate of drug-likeness (QED) is 0.440. The number of aromatic nitrogens is 2. The Morgan fingerprint density at radius 1 is 1.46 bits per heavy atom. The number of hydrogen-bond donors (Lipinski definition) is 3. The summed E-state index contributed by atoms with van der Waals surface area (Å²) in [6, 6.07) is 0. The van der Waals surface area contributed by atoms with Crippen LogP contribution < -0.4 is 11.3 Å². The highest BCUT2D eigenvalue weighted by Crippen LogP contribution is 2.15. The SMILES string of the molecule is CC(C)(O)c1cnc(CNN)cn1. The standard InChI is InChI=1S/C8H14N4O/c1-8(2,13)7-5-10-6(3-11-7)4-12-9/h3,5,12-13H,4,9H2,1-2H3. The maximum absolute atomic E-state index is 9.57. The van der Waals surface area contributed by atoms with Crippen molar-refractivity contribution in [2.45, 2.75) is 26.0 Å². The molecule has 0 saturated carbocycles. The Morgan fingerprint density at radius 3 is 2.54 bits per heavy atom. The van der Waals surface area contributed by atoms with Gasteiger partial charge in [-0.15, -0.1) is 0 Å². The van der Waals surface area contributed by atoms with Gasteiger partial charge in [0.15, 0.2) is 0 Å². The largest absolute Gasteiger partial charge is 0.384 e. The Hall–Kier alpha value is -1.04. The summed E-state index contributed by atoms with van der Waals surface area (Å²) in [5.74, 6) is 5.12. The van der Waals surface area contributed by atoms with Crippen LogP contribution in [0.15, 0.2) is 12.4 Å². The molecule has 4 N–H and O–H groups in total. The summed E-state index contributed by atoms with van der Waals surface area (Å²) in [6.07, 6.45) is 3.14. The van der Waals surface area contributed by atoms with Gasteiger partial charge in [0.2, 0.25) is 0 Å². The number of rotatable bonds is 3. The van der Waals surface area contributed by atoms with Crippen molar-refractivity contribution in [3.05, 3.63) is 23.8 Å². The normalized spacial score (nSPS) is 11.7. The second-order valence-corrected chi connectivity index (χ2v) is 3.33. The van der Waals surface area contributed by atoms with E-state index in [0.29, 0.717) is 12.2 Å². The van der Waals surface area contributed by atoms with Gasteiger partial charge in [-0.2, -0.15) is 0 Å². The van der Waals surface area contributed by atoms with Crippen molar-refractivity contribution in [3.63, 3.8) is 0 Å². The van der Waals surface area contributed by atoms with Gasteiger partial charge in [-0.3, -0.25) is 21.2 Å². The van der Waals surface area contributed by atoms with Gasteiger partial charge in [0.25, 0.3) is 0 Å². The van der Waals surface area contributed by atoms with E-state index in [2.05, 4.69) is 15.4 Å². The summed E-state index contributed by atoms with van der Waals surface area (Å²) in [7, 11) is 0. The highest BCUT2D eigenvalue weighted by Gasteiger charge is 2.17. The first-order chi connectivity index (χ1) is 6.04. The minimum atomic E-state index is -0.943. The average molecular weight is 182 g/mol. The van der Waals surface area contributed by atoms with Crippen LogP contribution in [-0.4, -0.2) is 15.1 Å². The van der Waals surface area contributed by atoms with Crippen LogP contribution in [0.2, 0.25) is 0 Å². The molecular formula is C8H14N4O. The number of aliphatic hydroxyl groups is 1. The highest BCUT2D eigenvalue weighted by atomic mass is 16.3. The Morgan fingerprint density at radius 2 is 2.15 bits per heavy atom. The van der Waals surface area contributed by atoms with Crippen LogP contribution in [0.5, 0.6) is 0 Å². The molecular weight excluding hydrogens is 168 g/mol. The first kappa shape index (κ1) is 10.0. The molecule has 0 aliphatic heterocycles. The zero-order valence-corrected chi connectivity index (χ0v) is 7.78. The molecule has 1 rings (SSSR count). The third-order valence-electron chi connectivity index (χ3n) is 1.62. The lowest BCUT2D eigenvalue weighted by Crippen LogP contribution is -2.23. The van der Waals surface area contributed by atoms with Crippen molar-refractivity contribution < 1.29 is 5.11 Å². The molecule has 0 saturated heterocycles. The number of hydrazine groups is 1. The minimum Gasteiger partial charge on any atom is -0.384 e. The van der Waals surface area contributed by atoms with Gasteiger partial charge in [-0.1, -0.05) is 0 Å². The second kappa shape index (κ2) is 3.78. The summed E-state index contributed by atoms with van der Waals surface area (Å²) >= 11 is 0. The molecule has 13 heavy (non-hydrogen) atoms. The first-order valence-electron chi connectivity index (χ1n) is 4.01. The van der Waals surface area contributed by atoms with Gasteiger partial charge >= 0.3 is 0 Å². The lowest BCUT2D eigenvalue weighted by Gasteiger charge is -2.15. The zero-order chi connectivity index (χ0) is 9.90. The van der Waals surface area contributed by atoms with E-state index in [1.54, 1.807) is 26.2 Å². The maximum atomic E-state index is 9.57. The second-order valence-electron chi connectivity index (χ2n) is 3.33. The van der Waals surface area contributed by atoms with Crippen LogP contribution in [-0.2, 0) is 12.1 Å². The topological polar surface area (TPSA) is 84.1 Å². The van der Waals surface area contributed by atoms with Crippen LogP contribution in [0.25, 0.3) is 0 Å². The van der Waals surface area contributed by atoms with Crippen LogP contribution in [0.1, 0.15) is 25.2 Å². The van der Waals surface area contributed by atoms with E-state index in [-0.39, 0.29) is 0 Å².